The van der Waals surface area contributed by atoms with Crippen molar-refractivity contribution in [1.29, 1.82) is 0 Å². The number of hydrogen-bond acceptors (Lipinski definition) is 6. The topological polar surface area (TPSA) is 110 Å². The molecule has 9 heteroatoms. The van der Waals surface area contributed by atoms with Crippen LogP contribution in [0.25, 0.3) is 0 Å². The normalized spacial score (nSPS) is 28.4. The highest BCUT2D eigenvalue weighted by molar-refractivity contribution is 7.88. The SMILES string of the molecule is CCOc1[nH]c(=O)ccc1C1CCC(OC[C@@H]2NCC[C@@H]2NS(C)(=O)=O)CC1. The highest BCUT2D eigenvalue weighted by Crippen LogP contribution is 2.37. The van der Waals surface area contributed by atoms with Gasteiger partial charge in [0.05, 0.1) is 25.6 Å². The molecule has 1 saturated heterocycles. The van der Waals surface area contributed by atoms with Crippen LogP contribution in [0, 0.1) is 0 Å². The summed E-state index contributed by atoms with van der Waals surface area (Å²) in [5.74, 6) is 0.937. The number of rotatable bonds is 8. The number of aromatic amines is 1. The standard InChI is InChI=1S/C19H31N3O5S/c1-3-26-19-15(8-9-18(23)21-19)13-4-6-14(7-5-13)27-12-17-16(10-11-20-17)22-28(2,24)25/h8-9,13-14,16-17,20,22H,3-7,10-12H2,1-2H3,(H,21,23)/t13?,14?,16-,17-/m0/s1. The van der Waals surface area contributed by atoms with E-state index in [0.717, 1.165) is 44.2 Å². The fraction of sp³-hybridized carbons (Fsp3) is 0.737. The predicted octanol–water partition coefficient (Wildman–Crippen LogP) is 1.10. The molecule has 1 aliphatic heterocycles. The van der Waals surface area contributed by atoms with Crippen LogP contribution in [0.15, 0.2) is 16.9 Å². The molecule has 0 radical (unpaired) electrons. The van der Waals surface area contributed by atoms with Crippen LogP contribution in [-0.2, 0) is 14.8 Å². The van der Waals surface area contributed by atoms with Gasteiger partial charge in [-0.1, -0.05) is 0 Å². The third-order valence-electron chi connectivity index (χ3n) is 5.54. The first-order valence-corrected chi connectivity index (χ1v) is 11.9. The summed E-state index contributed by atoms with van der Waals surface area (Å²) in [7, 11) is -3.22. The lowest BCUT2D eigenvalue weighted by Gasteiger charge is -2.31. The van der Waals surface area contributed by atoms with Crippen molar-refractivity contribution in [3.8, 4) is 5.88 Å². The Balaban J connectivity index is 1.50. The fourth-order valence-corrected chi connectivity index (χ4v) is 5.02. The van der Waals surface area contributed by atoms with Crippen LogP contribution in [0.2, 0.25) is 0 Å². The zero-order valence-corrected chi connectivity index (χ0v) is 17.4. The minimum atomic E-state index is -3.22. The Hall–Kier alpha value is -1.42. The average molecular weight is 414 g/mol. The van der Waals surface area contributed by atoms with Gasteiger partial charge in [0.2, 0.25) is 10.0 Å². The van der Waals surface area contributed by atoms with Gasteiger partial charge in [0, 0.05) is 23.7 Å². The van der Waals surface area contributed by atoms with Gasteiger partial charge in [-0.25, -0.2) is 13.1 Å². The molecule has 0 aromatic carbocycles. The van der Waals surface area contributed by atoms with Crippen LogP contribution in [-0.4, -0.2) is 57.6 Å². The summed E-state index contributed by atoms with van der Waals surface area (Å²) < 4.78 is 37.4. The zero-order chi connectivity index (χ0) is 20.1. The van der Waals surface area contributed by atoms with E-state index in [-0.39, 0.29) is 23.7 Å². The maximum absolute atomic E-state index is 11.6. The highest BCUT2D eigenvalue weighted by Gasteiger charge is 2.31. The molecular formula is C19H31N3O5S. The van der Waals surface area contributed by atoms with E-state index < -0.39 is 10.0 Å². The van der Waals surface area contributed by atoms with Gasteiger partial charge in [0.25, 0.3) is 5.56 Å². The van der Waals surface area contributed by atoms with Crippen molar-refractivity contribution in [2.45, 2.75) is 63.1 Å². The molecule has 3 rings (SSSR count). The second-order valence-electron chi connectivity index (χ2n) is 7.69. The van der Waals surface area contributed by atoms with Gasteiger partial charge < -0.3 is 14.8 Å². The molecule has 0 unspecified atom stereocenters. The van der Waals surface area contributed by atoms with Crippen molar-refractivity contribution < 1.29 is 17.9 Å². The van der Waals surface area contributed by atoms with Gasteiger partial charge in [-0.05, 0) is 57.6 Å². The lowest BCUT2D eigenvalue weighted by atomic mass is 9.83. The Labute approximate surface area is 166 Å². The van der Waals surface area contributed by atoms with E-state index in [1.807, 2.05) is 13.0 Å². The van der Waals surface area contributed by atoms with Crippen molar-refractivity contribution in [2.24, 2.45) is 0 Å². The van der Waals surface area contributed by atoms with Crippen molar-refractivity contribution >= 4 is 10.0 Å². The monoisotopic (exact) mass is 413 g/mol. The van der Waals surface area contributed by atoms with Crippen LogP contribution >= 0.6 is 0 Å². The Morgan fingerprint density at radius 2 is 1.93 bits per heavy atom. The molecule has 0 spiro atoms. The largest absolute Gasteiger partial charge is 0.479 e. The number of ether oxygens (including phenoxy) is 2. The molecule has 2 atom stereocenters. The van der Waals surface area contributed by atoms with Crippen molar-refractivity contribution in [2.75, 3.05) is 26.0 Å². The third-order valence-corrected chi connectivity index (χ3v) is 6.27. The van der Waals surface area contributed by atoms with E-state index in [4.69, 9.17) is 9.47 Å². The molecule has 0 bridgehead atoms. The van der Waals surface area contributed by atoms with Crippen LogP contribution < -0.4 is 20.3 Å². The Morgan fingerprint density at radius 1 is 1.18 bits per heavy atom. The first-order chi connectivity index (χ1) is 13.4. The average Bonchev–Trinajstić information content (AvgIpc) is 3.06. The number of pyridine rings is 1. The lowest BCUT2D eigenvalue weighted by Crippen LogP contribution is -2.46. The molecule has 2 heterocycles. The maximum atomic E-state index is 11.6. The molecule has 1 aromatic rings. The van der Waals surface area contributed by atoms with Gasteiger partial charge in [-0.15, -0.1) is 0 Å². The van der Waals surface area contributed by atoms with E-state index in [2.05, 4.69) is 15.0 Å². The molecule has 0 amide bonds. The van der Waals surface area contributed by atoms with Crippen molar-refractivity contribution in [1.82, 2.24) is 15.0 Å². The second kappa shape index (κ2) is 9.39. The molecular weight excluding hydrogens is 382 g/mol. The summed E-state index contributed by atoms with van der Waals surface area (Å²) in [6.45, 7) is 3.72. The van der Waals surface area contributed by atoms with Crippen LogP contribution in [0.5, 0.6) is 5.88 Å². The summed E-state index contributed by atoms with van der Waals surface area (Å²) in [6.07, 6.45) is 5.96. The smallest absolute Gasteiger partial charge is 0.250 e. The number of sulfonamides is 1. The van der Waals surface area contributed by atoms with Crippen LogP contribution in [0.4, 0.5) is 0 Å². The summed E-state index contributed by atoms with van der Waals surface area (Å²) >= 11 is 0. The Kier molecular flexibility index (Phi) is 7.14. The molecule has 8 nitrogen and oxygen atoms in total. The summed E-state index contributed by atoms with van der Waals surface area (Å²) in [5, 5.41) is 3.33. The van der Waals surface area contributed by atoms with Crippen molar-refractivity contribution in [3.05, 3.63) is 28.0 Å². The van der Waals surface area contributed by atoms with Crippen molar-refractivity contribution in [3.63, 3.8) is 0 Å². The number of aromatic nitrogens is 1. The molecule has 1 aromatic heterocycles. The van der Waals surface area contributed by atoms with Gasteiger partial charge in [-0.3, -0.25) is 9.78 Å². The summed E-state index contributed by atoms with van der Waals surface area (Å²) in [5.41, 5.74) is 0.917. The molecule has 1 saturated carbocycles. The third kappa shape index (κ3) is 5.79. The Bertz CT molecular complexity index is 802. The number of hydrogen-bond donors (Lipinski definition) is 3. The minimum Gasteiger partial charge on any atom is -0.479 e. The van der Waals surface area contributed by atoms with E-state index in [9.17, 15) is 13.2 Å². The molecule has 2 fully saturated rings. The lowest BCUT2D eigenvalue weighted by molar-refractivity contribution is 0.0124. The second-order valence-corrected chi connectivity index (χ2v) is 9.47. The zero-order valence-electron chi connectivity index (χ0n) is 16.6. The van der Waals surface area contributed by atoms with E-state index >= 15 is 0 Å². The summed E-state index contributed by atoms with van der Waals surface area (Å²) in [6, 6.07) is 3.33. The Morgan fingerprint density at radius 3 is 2.61 bits per heavy atom. The van der Waals surface area contributed by atoms with E-state index in [1.54, 1.807) is 6.07 Å². The highest BCUT2D eigenvalue weighted by atomic mass is 32.2. The number of H-pyrrole nitrogens is 1. The predicted molar refractivity (Wildman–Crippen MR) is 107 cm³/mol. The number of nitrogens with one attached hydrogen (secondary N) is 3. The molecule has 1 aliphatic carbocycles. The van der Waals surface area contributed by atoms with Gasteiger partial charge >= 0.3 is 0 Å². The first kappa shape index (κ1) is 21.3. The molecule has 28 heavy (non-hydrogen) atoms. The van der Waals surface area contributed by atoms with E-state index in [1.165, 1.54) is 6.26 Å². The van der Waals surface area contributed by atoms with E-state index in [0.29, 0.717) is 25.0 Å². The van der Waals surface area contributed by atoms with Crippen LogP contribution in [0.3, 0.4) is 0 Å². The molecule has 2 aliphatic rings. The minimum absolute atomic E-state index is 0.0104. The maximum Gasteiger partial charge on any atom is 0.250 e. The summed E-state index contributed by atoms with van der Waals surface area (Å²) in [4.78, 5) is 14.4. The van der Waals surface area contributed by atoms with Crippen LogP contribution in [0.1, 0.15) is 50.5 Å². The molecule has 3 N–H and O–H groups in total. The first-order valence-electron chi connectivity index (χ1n) is 10.0. The van der Waals surface area contributed by atoms with Gasteiger partial charge in [0.15, 0.2) is 5.88 Å². The molecule has 158 valence electrons. The van der Waals surface area contributed by atoms with Gasteiger partial charge in [-0.2, -0.15) is 0 Å². The van der Waals surface area contributed by atoms with Gasteiger partial charge in [0.1, 0.15) is 0 Å². The fourth-order valence-electron chi connectivity index (χ4n) is 4.19. The quantitative estimate of drug-likeness (QED) is 0.589.